The van der Waals surface area contributed by atoms with Crippen molar-refractivity contribution < 1.29 is 14.6 Å². The maximum Gasteiger partial charge on any atom is 0.351 e. The summed E-state index contributed by atoms with van der Waals surface area (Å²) in [5.41, 5.74) is 5.35. The SMILES string of the molecule is Cc1cn([C@@H]2O[C@@]3(CO)CC4O[C@H]2C43)c(=O)nc1N. The molecule has 1 aliphatic carbocycles. The summed E-state index contributed by atoms with van der Waals surface area (Å²) in [6, 6.07) is 0. The number of nitrogen functional groups attached to an aromatic ring is 1. The van der Waals surface area contributed by atoms with E-state index in [1.165, 1.54) is 4.57 Å². The highest BCUT2D eigenvalue weighted by Crippen LogP contribution is 2.62. The number of nitrogens with two attached hydrogens (primary N) is 1. The molecule has 4 rings (SSSR count). The molecule has 1 aromatic heterocycles. The molecule has 2 aliphatic heterocycles. The van der Waals surface area contributed by atoms with E-state index in [4.69, 9.17) is 15.2 Å². The summed E-state index contributed by atoms with van der Waals surface area (Å²) in [5.74, 6) is 0.416. The van der Waals surface area contributed by atoms with Crippen molar-refractivity contribution in [3.63, 3.8) is 0 Å². The molecule has 5 atom stereocenters. The van der Waals surface area contributed by atoms with Crippen LogP contribution in [0, 0.1) is 12.8 Å². The smallest absolute Gasteiger partial charge is 0.351 e. The second kappa shape index (κ2) is 3.36. The Morgan fingerprint density at radius 1 is 1.68 bits per heavy atom. The number of ether oxygens (including phenoxy) is 2. The van der Waals surface area contributed by atoms with Gasteiger partial charge in [-0.3, -0.25) is 4.57 Å². The third-order valence-electron chi connectivity index (χ3n) is 4.59. The van der Waals surface area contributed by atoms with E-state index >= 15 is 0 Å². The average molecular weight is 265 g/mol. The predicted octanol–water partition coefficient (Wildman–Crippen LogP) is -0.819. The van der Waals surface area contributed by atoms with Crippen LogP contribution in [0.2, 0.25) is 0 Å². The van der Waals surface area contributed by atoms with E-state index in [-0.39, 0.29) is 30.6 Å². The molecule has 0 amide bonds. The summed E-state index contributed by atoms with van der Waals surface area (Å²) in [6.45, 7) is 1.74. The van der Waals surface area contributed by atoms with Gasteiger partial charge >= 0.3 is 5.69 Å². The first-order valence-electron chi connectivity index (χ1n) is 6.35. The molecule has 0 spiro atoms. The number of aliphatic hydroxyl groups excluding tert-OH is 1. The fraction of sp³-hybridized carbons (Fsp3) is 0.667. The number of nitrogens with zero attached hydrogens (tertiary/aromatic N) is 2. The number of anilines is 1. The first kappa shape index (κ1) is 11.4. The zero-order valence-corrected chi connectivity index (χ0v) is 10.4. The molecule has 1 aromatic rings. The van der Waals surface area contributed by atoms with Gasteiger partial charge in [0.05, 0.1) is 12.7 Å². The number of hydrogen-bond acceptors (Lipinski definition) is 6. The van der Waals surface area contributed by atoms with Crippen LogP contribution in [0.15, 0.2) is 11.0 Å². The highest BCUT2D eigenvalue weighted by Gasteiger charge is 2.73. The first-order chi connectivity index (χ1) is 9.05. The van der Waals surface area contributed by atoms with E-state index in [2.05, 4.69) is 4.98 Å². The van der Waals surface area contributed by atoms with E-state index in [0.29, 0.717) is 6.42 Å². The van der Waals surface area contributed by atoms with Gasteiger partial charge in [-0.2, -0.15) is 4.98 Å². The van der Waals surface area contributed by atoms with Crippen molar-refractivity contribution in [2.24, 2.45) is 5.92 Å². The van der Waals surface area contributed by atoms with Crippen LogP contribution in [0.1, 0.15) is 18.2 Å². The molecular weight excluding hydrogens is 250 g/mol. The van der Waals surface area contributed by atoms with Crippen LogP contribution in [0.5, 0.6) is 0 Å². The van der Waals surface area contributed by atoms with E-state index < -0.39 is 17.5 Å². The average Bonchev–Trinajstić information content (AvgIpc) is 2.49. The van der Waals surface area contributed by atoms with Crippen molar-refractivity contribution in [2.45, 2.75) is 37.4 Å². The number of hydrogen-bond donors (Lipinski definition) is 2. The van der Waals surface area contributed by atoms with Gasteiger partial charge in [-0.15, -0.1) is 0 Å². The van der Waals surface area contributed by atoms with Crippen molar-refractivity contribution in [3.8, 4) is 0 Å². The molecule has 3 fully saturated rings. The normalized spacial score (nSPS) is 42.4. The summed E-state index contributed by atoms with van der Waals surface area (Å²) in [6.07, 6.45) is 1.81. The molecule has 0 aromatic carbocycles. The topological polar surface area (TPSA) is 99.6 Å². The number of rotatable bonds is 2. The Hall–Kier alpha value is -1.44. The monoisotopic (exact) mass is 265 g/mol. The van der Waals surface area contributed by atoms with Crippen molar-refractivity contribution in [1.29, 1.82) is 0 Å². The van der Waals surface area contributed by atoms with Gasteiger partial charge in [-0.05, 0) is 6.92 Å². The standard InChI is InChI=1S/C12H15N3O4/c1-5-3-15(11(17)14-9(5)13)10-8-7-6(18-8)2-12(7,4-16)19-10/h3,6-8,10,16H,2,4H2,1H3,(H2,13,14,17)/t6?,7?,8-,10+,12+/m0/s1. The van der Waals surface area contributed by atoms with Crippen LogP contribution in [0.25, 0.3) is 0 Å². The van der Waals surface area contributed by atoms with Crippen molar-refractivity contribution in [1.82, 2.24) is 9.55 Å². The van der Waals surface area contributed by atoms with Gasteiger partial charge in [0, 0.05) is 24.1 Å². The molecule has 102 valence electrons. The molecule has 0 bridgehead atoms. The largest absolute Gasteiger partial charge is 0.393 e. The minimum absolute atomic E-state index is 0.0410. The Morgan fingerprint density at radius 3 is 3.11 bits per heavy atom. The van der Waals surface area contributed by atoms with Crippen LogP contribution in [-0.2, 0) is 9.47 Å². The van der Waals surface area contributed by atoms with Crippen LogP contribution in [-0.4, -0.2) is 39.1 Å². The van der Waals surface area contributed by atoms with Gasteiger partial charge in [0.15, 0.2) is 6.23 Å². The van der Waals surface area contributed by atoms with E-state index in [1.54, 1.807) is 13.1 Å². The van der Waals surface area contributed by atoms with Gasteiger partial charge in [0.25, 0.3) is 0 Å². The molecule has 2 saturated heterocycles. The summed E-state index contributed by atoms with van der Waals surface area (Å²) in [4.78, 5) is 15.7. The zero-order valence-electron chi connectivity index (χ0n) is 10.4. The maximum absolute atomic E-state index is 11.9. The molecule has 3 N–H and O–H groups in total. The Balaban J connectivity index is 1.75. The van der Waals surface area contributed by atoms with Gasteiger partial charge in [0.1, 0.15) is 17.5 Å². The van der Waals surface area contributed by atoms with Crippen LogP contribution < -0.4 is 11.4 Å². The number of aromatic nitrogens is 2. The summed E-state index contributed by atoms with van der Waals surface area (Å²) in [5, 5.41) is 9.51. The lowest BCUT2D eigenvalue weighted by Crippen LogP contribution is -2.68. The van der Waals surface area contributed by atoms with Gasteiger partial charge in [0.2, 0.25) is 0 Å². The molecule has 7 nitrogen and oxygen atoms in total. The fourth-order valence-corrected chi connectivity index (χ4v) is 3.48. The van der Waals surface area contributed by atoms with Crippen molar-refractivity contribution >= 4 is 5.82 Å². The van der Waals surface area contributed by atoms with Gasteiger partial charge < -0.3 is 20.3 Å². The first-order valence-corrected chi connectivity index (χ1v) is 6.35. The quantitative estimate of drug-likeness (QED) is 0.725. The Morgan fingerprint density at radius 2 is 2.47 bits per heavy atom. The molecule has 19 heavy (non-hydrogen) atoms. The summed E-state index contributed by atoms with van der Waals surface area (Å²) < 4.78 is 13.0. The van der Waals surface area contributed by atoms with Gasteiger partial charge in [-0.25, -0.2) is 4.79 Å². The van der Waals surface area contributed by atoms with E-state index in [1.807, 2.05) is 0 Å². The van der Waals surface area contributed by atoms with Crippen molar-refractivity contribution in [3.05, 3.63) is 22.2 Å². The minimum Gasteiger partial charge on any atom is -0.393 e. The molecule has 3 heterocycles. The lowest BCUT2D eigenvalue weighted by molar-refractivity contribution is -0.273. The lowest BCUT2D eigenvalue weighted by Gasteiger charge is -2.56. The lowest BCUT2D eigenvalue weighted by atomic mass is 9.62. The summed E-state index contributed by atoms with van der Waals surface area (Å²) >= 11 is 0. The highest BCUT2D eigenvalue weighted by atomic mass is 16.6. The molecule has 7 heteroatoms. The minimum atomic E-state index is -0.535. The Kier molecular flexibility index (Phi) is 2.01. The number of aliphatic hydroxyl groups is 1. The van der Waals surface area contributed by atoms with E-state index in [0.717, 1.165) is 5.56 Å². The Labute approximate surface area is 109 Å². The van der Waals surface area contributed by atoms with Crippen LogP contribution in [0.3, 0.4) is 0 Å². The third-order valence-corrected chi connectivity index (χ3v) is 4.59. The Bertz CT molecular complexity index is 615. The second-order valence-corrected chi connectivity index (χ2v) is 5.60. The maximum atomic E-state index is 11.9. The highest BCUT2D eigenvalue weighted by molar-refractivity contribution is 5.35. The van der Waals surface area contributed by atoms with Crippen LogP contribution >= 0.6 is 0 Å². The number of aryl methyl sites for hydroxylation is 1. The molecule has 1 saturated carbocycles. The second-order valence-electron chi connectivity index (χ2n) is 5.60. The molecular formula is C12H15N3O4. The summed E-state index contributed by atoms with van der Waals surface area (Å²) in [7, 11) is 0. The zero-order chi connectivity index (χ0) is 13.4. The fourth-order valence-electron chi connectivity index (χ4n) is 3.48. The van der Waals surface area contributed by atoms with Crippen molar-refractivity contribution in [2.75, 3.05) is 12.3 Å². The molecule has 2 unspecified atom stereocenters. The van der Waals surface area contributed by atoms with E-state index in [9.17, 15) is 9.90 Å². The molecule has 3 aliphatic rings. The van der Waals surface area contributed by atoms with Crippen LogP contribution in [0.4, 0.5) is 5.82 Å². The third kappa shape index (κ3) is 1.22. The molecule has 0 radical (unpaired) electrons. The predicted molar refractivity (Wildman–Crippen MR) is 64.4 cm³/mol. The van der Waals surface area contributed by atoms with Gasteiger partial charge in [-0.1, -0.05) is 0 Å².